The molecule has 0 aliphatic rings. The van der Waals surface area contributed by atoms with Crippen molar-refractivity contribution in [3.05, 3.63) is 60.0 Å². The number of hydrogen-bond donors (Lipinski definition) is 2. The van der Waals surface area contributed by atoms with Crippen LogP contribution in [0, 0.1) is 0 Å². The van der Waals surface area contributed by atoms with E-state index in [0.29, 0.717) is 5.89 Å². The first-order valence-electron chi connectivity index (χ1n) is 8.64. The number of amides is 1. The highest BCUT2D eigenvalue weighted by atomic mass is 32.2. The number of ether oxygens (including phenoxy) is 1. The van der Waals surface area contributed by atoms with Gasteiger partial charge in [-0.25, -0.2) is 0 Å². The molecule has 0 unspecified atom stereocenters. The van der Waals surface area contributed by atoms with Crippen LogP contribution in [0.1, 0.15) is 11.5 Å². The van der Waals surface area contributed by atoms with Gasteiger partial charge in [-0.1, -0.05) is 23.9 Å². The number of anilines is 2. The van der Waals surface area contributed by atoms with E-state index in [9.17, 15) is 18.0 Å². The van der Waals surface area contributed by atoms with Crippen molar-refractivity contribution in [1.82, 2.24) is 10.2 Å². The molecular weight excluding hydrogens is 421 g/mol. The Bertz CT molecular complexity index is 993. The summed E-state index contributed by atoms with van der Waals surface area (Å²) in [6, 6.07) is 12.0. The van der Waals surface area contributed by atoms with Crippen molar-refractivity contribution in [1.29, 1.82) is 0 Å². The van der Waals surface area contributed by atoms with Crippen molar-refractivity contribution in [3.8, 4) is 5.75 Å². The van der Waals surface area contributed by atoms with E-state index in [-0.39, 0.29) is 23.2 Å². The van der Waals surface area contributed by atoms with E-state index in [2.05, 4.69) is 20.8 Å². The fourth-order valence-corrected chi connectivity index (χ4v) is 2.99. The van der Waals surface area contributed by atoms with Gasteiger partial charge < -0.3 is 19.8 Å². The molecule has 0 saturated carbocycles. The maximum Gasteiger partial charge on any atom is 0.418 e. The first-order valence-corrected chi connectivity index (χ1v) is 9.63. The highest BCUT2D eigenvalue weighted by Crippen LogP contribution is 2.34. The lowest BCUT2D eigenvalue weighted by Gasteiger charge is -2.13. The Hall–Kier alpha value is -3.21. The van der Waals surface area contributed by atoms with Crippen LogP contribution < -0.4 is 15.4 Å². The van der Waals surface area contributed by atoms with Crippen molar-refractivity contribution in [2.45, 2.75) is 17.9 Å². The van der Waals surface area contributed by atoms with Crippen molar-refractivity contribution in [3.63, 3.8) is 0 Å². The Morgan fingerprint density at radius 3 is 2.57 bits per heavy atom. The number of carbonyl (C=O) groups excluding carboxylic acids is 1. The molecule has 11 heteroatoms. The van der Waals surface area contributed by atoms with Crippen molar-refractivity contribution in [2.24, 2.45) is 0 Å². The predicted octanol–water partition coefficient (Wildman–Crippen LogP) is 4.44. The van der Waals surface area contributed by atoms with Crippen LogP contribution in [-0.4, -0.2) is 29.0 Å². The quantitative estimate of drug-likeness (QED) is 0.503. The van der Waals surface area contributed by atoms with Gasteiger partial charge in [0, 0.05) is 5.69 Å². The first kappa shape index (κ1) is 21.5. The molecule has 1 aromatic heterocycles. The number of alkyl halides is 3. The molecule has 0 atom stereocenters. The van der Waals surface area contributed by atoms with Gasteiger partial charge in [0.25, 0.3) is 5.22 Å². The summed E-state index contributed by atoms with van der Waals surface area (Å²) >= 11 is 0.931. The molecule has 3 rings (SSSR count). The summed E-state index contributed by atoms with van der Waals surface area (Å²) < 4.78 is 49.5. The third-order valence-corrected chi connectivity index (χ3v) is 4.63. The van der Waals surface area contributed by atoms with Gasteiger partial charge in [0.15, 0.2) is 0 Å². The van der Waals surface area contributed by atoms with Crippen LogP contribution in [0.3, 0.4) is 0 Å². The Balaban J connectivity index is 1.50. The van der Waals surface area contributed by atoms with E-state index < -0.39 is 17.6 Å². The number of benzene rings is 2. The Labute approximate surface area is 174 Å². The molecule has 0 bridgehead atoms. The molecule has 30 heavy (non-hydrogen) atoms. The van der Waals surface area contributed by atoms with E-state index in [1.807, 2.05) is 12.1 Å². The molecule has 1 amide bonds. The number of nitrogens with zero attached hydrogens (tertiary/aromatic N) is 2. The zero-order valence-electron chi connectivity index (χ0n) is 15.7. The predicted molar refractivity (Wildman–Crippen MR) is 105 cm³/mol. The third-order valence-electron chi connectivity index (χ3n) is 3.82. The smallest absolute Gasteiger partial charge is 0.418 e. The SMILES string of the molecule is COc1ccc(NCc2nnc(SCC(=O)Nc3ccccc3C(F)(F)F)o2)cc1. The third kappa shape index (κ3) is 5.89. The number of thioether (sulfide) groups is 1. The van der Waals surface area contributed by atoms with Crippen LogP contribution in [0.5, 0.6) is 5.75 Å². The van der Waals surface area contributed by atoms with Gasteiger partial charge in [0.1, 0.15) is 5.75 Å². The molecule has 0 aliphatic heterocycles. The van der Waals surface area contributed by atoms with E-state index in [1.54, 1.807) is 19.2 Å². The van der Waals surface area contributed by atoms with Gasteiger partial charge in [0.2, 0.25) is 11.8 Å². The summed E-state index contributed by atoms with van der Waals surface area (Å²) in [5, 5.41) is 13.2. The van der Waals surface area contributed by atoms with E-state index in [4.69, 9.17) is 9.15 Å². The molecule has 0 radical (unpaired) electrons. The molecule has 0 aliphatic carbocycles. The van der Waals surface area contributed by atoms with E-state index in [0.717, 1.165) is 29.3 Å². The van der Waals surface area contributed by atoms with Gasteiger partial charge >= 0.3 is 6.18 Å². The van der Waals surface area contributed by atoms with Crippen LogP contribution in [0.2, 0.25) is 0 Å². The molecule has 2 aromatic carbocycles. The number of aromatic nitrogens is 2. The number of methoxy groups -OCH3 is 1. The summed E-state index contributed by atoms with van der Waals surface area (Å²) in [6.07, 6.45) is -4.56. The number of hydrogen-bond acceptors (Lipinski definition) is 7. The van der Waals surface area contributed by atoms with Gasteiger partial charge in [0.05, 0.1) is 30.7 Å². The van der Waals surface area contributed by atoms with Gasteiger partial charge in [-0.05, 0) is 36.4 Å². The molecular formula is C19H17F3N4O3S. The molecule has 0 fully saturated rings. The number of nitrogens with one attached hydrogen (secondary N) is 2. The van der Waals surface area contributed by atoms with Crippen LogP contribution in [0.4, 0.5) is 24.5 Å². The van der Waals surface area contributed by atoms with Crippen molar-refractivity contribution < 1.29 is 27.1 Å². The molecule has 3 aromatic rings. The summed E-state index contributed by atoms with van der Waals surface area (Å²) in [6.45, 7) is 0.269. The summed E-state index contributed by atoms with van der Waals surface area (Å²) in [5.41, 5.74) is -0.385. The van der Waals surface area contributed by atoms with Gasteiger partial charge in [-0.15, -0.1) is 10.2 Å². The van der Waals surface area contributed by atoms with Crippen LogP contribution >= 0.6 is 11.8 Å². The summed E-state index contributed by atoms with van der Waals surface area (Å²) in [7, 11) is 1.58. The van der Waals surface area contributed by atoms with Crippen LogP contribution in [0.25, 0.3) is 0 Å². The Kier molecular flexibility index (Phi) is 6.83. The largest absolute Gasteiger partial charge is 0.497 e. The lowest BCUT2D eigenvalue weighted by atomic mass is 10.1. The fraction of sp³-hybridized carbons (Fsp3) is 0.211. The zero-order chi connectivity index (χ0) is 21.6. The summed E-state index contributed by atoms with van der Waals surface area (Å²) in [5.74, 6) is 0.233. The molecule has 0 saturated heterocycles. The minimum Gasteiger partial charge on any atom is -0.497 e. The minimum atomic E-state index is -4.56. The average molecular weight is 438 g/mol. The highest BCUT2D eigenvalue weighted by molar-refractivity contribution is 7.99. The summed E-state index contributed by atoms with van der Waals surface area (Å²) in [4.78, 5) is 12.0. The van der Waals surface area contributed by atoms with Crippen molar-refractivity contribution in [2.75, 3.05) is 23.5 Å². The van der Waals surface area contributed by atoms with Crippen molar-refractivity contribution >= 4 is 29.0 Å². The van der Waals surface area contributed by atoms with E-state index in [1.165, 1.54) is 18.2 Å². The first-order chi connectivity index (χ1) is 14.3. The Morgan fingerprint density at radius 1 is 1.13 bits per heavy atom. The number of rotatable bonds is 8. The zero-order valence-corrected chi connectivity index (χ0v) is 16.5. The monoisotopic (exact) mass is 438 g/mol. The average Bonchev–Trinajstić information content (AvgIpc) is 3.19. The lowest BCUT2D eigenvalue weighted by Crippen LogP contribution is -2.18. The van der Waals surface area contributed by atoms with Gasteiger partial charge in [-0.3, -0.25) is 4.79 Å². The molecule has 1 heterocycles. The molecule has 158 valence electrons. The highest BCUT2D eigenvalue weighted by Gasteiger charge is 2.33. The normalized spacial score (nSPS) is 11.2. The van der Waals surface area contributed by atoms with Gasteiger partial charge in [-0.2, -0.15) is 13.2 Å². The standard InChI is InChI=1S/C19H17F3N4O3S/c1-28-13-8-6-12(7-9-13)23-10-17-25-26-18(29-17)30-11-16(27)24-15-5-3-2-4-14(15)19(20,21)22/h2-9,23H,10-11H2,1H3,(H,24,27). The lowest BCUT2D eigenvalue weighted by molar-refractivity contribution is -0.137. The molecule has 2 N–H and O–H groups in total. The van der Waals surface area contributed by atoms with Crippen LogP contribution in [0.15, 0.2) is 58.2 Å². The fourth-order valence-electron chi connectivity index (χ4n) is 2.41. The topological polar surface area (TPSA) is 89.3 Å². The molecule has 7 nitrogen and oxygen atoms in total. The second-order valence-corrected chi connectivity index (χ2v) is 6.85. The Morgan fingerprint density at radius 2 is 1.87 bits per heavy atom. The molecule has 0 spiro atoms. The minimum absolute atomic E-state index is 0.140. The number of halogens is 3. The maximum atomic E-state index is 13.0. The second kappa shape index (κ2) is 9.53. The van der Waals surface area contributed by atoms with E-state index >= 15 is 0 Å². The number of para-hydroxylation sites is 1. The van der Waals surface area contributed by atoms with Crippen LogP contribution in [-0.2, 0) is 17.5 Å². The second-order valence-electron chi connectivity index (χ2n) is 5.92. The number of carbonyl (C=O) groups is 1. The maximum absolute atomic E-state index is 13.0.